The number of carbonyl (C=O) groups excluding carboxylic acids is 1. The molecule has 1 atom stereocenters. The first-order valence-electron chi connectivity index (χ1n) is 8.74. The fourth-order valence-electron chi connectivity index (χ4n) is 2.97. The third kappa shape index (κ3) is 3.95. The quantitative estimate of drug-likeness (QED) is 0.556. The largest absolute Gasteiger partial charge is 0.349 e. The molecule has 6 nitrogen and oxygen atoms in total. The number of hydrogen-bond acceptors (Lipinski definition) is 3. The first kappa shape index (κ1) is 16.8. The van der Waals surface area contributed by atoms with Crippen LogP contribution in [0.15, 0.2) is 85.5 Å². The zero-order valence-electron chi connectivity index (χ0n) is 14.6. The molecule has 0 spiro atoms. The van der Waals surface area contributed by atoms with Crippen LogP contribution in [0.1, 0.15) is 27.8 Å². The molecule has 27 heavy (non-hydrogen) atoms. The van der Waals surface area contributed by atoms with Crippen molar-refractivity contribution in [1.82, 2.24) is 25.1 Å². The van der Waals surface area contributed by atoms with E-state index in [4.69, 9.17) is 0 Å². The van der Waals surface area contributed by atoms with Gasteiger partial charge in [-0.3, -0.25) is 4.79 Å². The lowest BCUT2D eigenvalue weighted by atomic mass is 10.0. The molecule has 0 fully saturated rings. The summed E-state index contributed by atoms with van der Waals surface area (Å²) in [7, 11) is 0. The van der Waals surface area contributed by atoms with Gasteiger partial charge in [-0.15, -0.1) is 0 Å². The predicted octanol–water partition coefficient (Wildman–Crippen LogP) is 3.31. The Bertz CT molecular complexity index is 977. The highest BCUT2D eigenvalue weighted by atomic mass is 16.1. The van der Waals surface area contributed by atoms with Gasteiger partial charge in [0.05, 0.1) is 11.7 Å². The smallest absolute Gasteiger partial charge is 0.251 e. The van der Waals surface area contributed by atoms with E-state index >= 15 is 0 Å². The lowest BCUT2D eigenvalue weighted by Gasteiger charge is -2.18. The van der Waals surface area contributed by atoms with Crippen LogP contribution >= 0.6 is 0 Å². The topological polar surface area (TPSA) is 75.6 Å². The van der Waals surface area contributed by atoms with Crippen LogP contribution in [0.3, 0.4) is 0 Å². The van der Waals surface area contributed by atoms with Gasteiger partial charge in [0.2, 0.25) is 0 Å². The third-order valence-corrected chi connectivity index (χ3v) is 4.36. The van der Waals surface area contributed by atoms with E-state index in [9.17, 15) is 4.79 Å². The highest BCUT2D eigenvalue weighted by Crippen LogP contribution is 2.18. The van der Waals surface area contributed by atoms with Gasteiger partial charge in [-0.1, -0.05) is 30.3 Å². The molecule has 2 N–H and O–H groups in total. The molecule has 0 aliphatic heterocycles. The van der Waals surface area contributed by atoms with E-state index in [2.05, 4.69) is 20.4 Å². The molecule has 134 valence electrons. The number of hydrogen-bond donors (Lipinski definition) is 2. The van der Waals surface area contributed by atoms with Crippen molar-refractivity contribution in [2.45, 2.75) is 12.5 Å². The van der Waals surface area contributed by atoms with Crippen LogP contribution in [0.25, 0.3) is 5.69 Å². The average molecular weight is 357 g/mol. The second kappa shape index (κ2) is 7.70. The summed E-state index contributed by atoms with van der Waals surface area (Å²) in [5.41, 5.74) is 2.55. The number of carbonyl (C=O) groups is 1. The van der Waals surface area contributed by atoms with Gasteiger partial charge in [0.1, 0.15) is 5.82 Å². The zero-order chi connectivity index (χ0) is 18.5. The van der Waals surface area contributed by atoms with Gasteiger partial charge in [0, 0.05) is 36.8 Å². The number of nitrogens with zero attached hydrogens (tertiary/aromatic N) is 3. The Kier molecular flexibility index (Phi) is 4.78. The van der Waals surface area contributed by atoms with E-state index in [1.807, 2.05) is 54.7 Å². The molecule has 0 aliphatic rings. The van der Waals surface area contributed by atoms with Crippen molar-refractivity contribution in [3.63, 3.8) is 0 Å². The van der Waals surface area contributed by atoms with Gasteiger partial charge in [0.15, 0.2) is 0 Å². The monoisotopic (exact) mass is 357 g/mol. The van der Waals surface area contributed by atoms with Crippen molar-refractivity contribution < 1.29 is 4.79 Å². The Morgan fingerprint density at radius 3 is 2.52 bits per heavy atom. The number of nitrogens with one attached hydrogen (secondary N) is 2. The van der Waals surface area contributed by atoms with E-state index in [1.165, 1.54) is 0 Å². The number of amides is 1. The second-order valence-corrected chi connectivity index (χ2v) is 6.17. The molecule has 2 aromatic heterocycles. The fourth-order valence-corrected chi connectivity index (χ4v) is 2.97. The number of aromatic amines is 1. The molecule has 0 saturated heterocycles. The highest BCUT2D eigenvalue weighted by molar-refractivity contribution is 5.94. The molecular weight excluding hydrogens is 338 g/mol. The Morgan fingerprint density at radius 2 is 1.85 bits per heavy atom. The van der Waals surface area contributed by atoms with Crippen LogP contribution in [-0.4, -0.2) is 25.7 Å². The molecule has 1 unspecified atom stereocenters. The first-order valence-corrected chi connectivity index (χ1v) is 8.74. The van der Waals surface area contributed by atoms with Crippen LogP contribution in [0.2, 0.25) is 0 Å². The van der Waals surface area contributed by atoms with Crippen molar-refractivity contribution in [1.29, 1.82) is 0 Å². The van der Waals surface area contributed by atoms with E-state index in [0.717, 1.165) is 17.1 Å². The molecular formula is C21H19N5O. The van der Waals surface area contributed by atoms with Crippen molar-refractivity contribution >= 4 is 5.91 Å². The highest BCUT2D eigenvalue weighted by Gasteiger charge is 2.17. The summed E-state index contributed by atoms with van der Waals surface area (Å²) in [6.45, 7) is 0. The van der Waals surface area contributed by atoms with Crippen molar-refractivity contribution in [3.8, 4) is 5.69 Å². The normalized spacial score (nSPS) is 11.9. The van der Waals surface area contributed by atoms with Crippen molar-refractivity contribution in [2.24, 2.45) is 0 Å². The van der Waals surface area contributed by atoms with Crippen LogP contribution in [-0.2, 0) is 6.42 Å². The van der Waals surface area contributed by atoms with Gasteiger partial charge in [-0.2, -0.15) is 5.10 Å². The van der Waals surface area contributed by atoms with E-state index in [0.29, 0.717) is 12.0 Å². The molecule has 0 saturated carbocycles. The van der Waals surface area contributed by atoms with Gasteiger partial charge in [-0.05, 0) is 35.9 Å². The molecule has 4 rings (SSSR count). The van der Waals surface area contributed by atoms with Gasteiger partial charge in [0.25, 0.3) is 5.91 Å². The summed E-state index contributed by atoms with van der Waals surface area (Å²) in [5.74, 6) is 0.709. The average Bonchev–Trinajstić information content (AvgIpc) is 3.42. The number of aromatic nitrogens is 4. The molecule has 4 aromatic rings. The van der Waals surface area contributed by atoms with Crippen LogP contribution in [0, 0.1) is 0 Å². The lowest BCUT2D eigenvalue weighted by molar-refractivity contribution is 0.0936. The van der Waals surface area contributed by atoms with Gasteiger partial charge in [-0.25, -0.2) is 9.67 Å². The predicted molar refractivity (Wildman–Crippen MR) is 103 cm³/mol. The number of H-pyrrole nitrogens is 1. The first-order chi connectivity index (χ1) is 13.3. The lowest BCUT2D eigenvalue weighted by Crippen LogP contribution is -2.30. The summed E-state index contributed by atoms with van der Waals surface area (Å²) < 4.78 is 1.76. The second-order valence-electron chi connectivity index (χ2n) is 6.17. The number of rotatable bonds is 6. The zero-order valence-corrected chi connectivity index (χ0v) is 14.6. The summed E-state index contributed by atoms with van der Waals surface area (Å²) in [4.78, 5) is 20.2. The van der Waals surface area contributed by atoms with E-state index in [-0.39, 0.29) is 11.9 Å². The van der Waals surface area contributed by atoms with Gasteiger partial charge >= 0.3 is 0 Å². The maximum Gasteiger partial charge on any atom is 0.251 e. The minimum absolute atomic E-state index is 0.123. The molecule has 2 heterocycles. The van der Waals surface area contributed by atoms with Gasteiger partial charge < -0.3 is 10.3 Å². The van der Waals surface area contributed by atoms with E-state index < -0.39 is 0 Å². The molecule has 0 aliphatic carbocycles. The minimum atomic E-state index is -0.171. The number of benzene rings is 2. The fraction of sp³-hybridized carbons (Fsp3) is 0.0952. The Balaban J connectivity index is 1.52. The molecule has 0 bridgehead atoms. The SMILES string of the molecule is O=C(NC(Cc1ncc[nH]1)c1ccccc1)c1ccc(-n2cccn2)cc1. The third-order valence-electron chi connectivity index (χ3n) is 4.36. The molecule has 1 amide bonds. The van der Waals surface area contributed by atoms with Crippen molar-refractivity contribution in [2.75, 3.05) is 0 Å². The van der Waals surface area contributed by atoms with Crippen LogP contribution in [0.4, 0.5) is 0 Å². The van der Waals surface area contributed by atoms with Crippen LogP contribution < -0.4 is 5.32 Å². The Labute approximate surface area is 156 Å². The molecule has 0 radical (unpaired) electrons. The van der Waals surface area contributed by atoms with Crippen molar-refractivity contribution in [3.05, 3.63) is 102 Å². The standard InChI is InChI=1S/C21H19N5O/c27-21(17-7-9-18(10-8-17)26-14-4-11-24-26)25-19(15-20-22-12-13-23-20)16-5-2-1-3-6-16/h1-14,19H,15H2,(H,22,23)(H,25,27). The summed E-state index contributed by atoms with van der Waals surface area (Å²) >= 11 is 0. The van der Waals surface area contributed by atoms with Crippen LogP contribution in [0.5, 0.6) is 0 Å². The molecule has 2 aromatic carbocycles. The Hall–Kier alpha value is -3.67. The maximum atomic E-state index is 12.8. The summed E-state index contributed by atoms with van der Waals surface area (Å²) in [6.07, 6.45) is 7.68. The summed E-state index contributed by atoms with van der Waals surface area (Å²) in [6, 6.07) is 19.0. The minimum Gasteiger partial charge on any atom is -0.349 e. The number of imidazole rings is 1. The summed E-state index contributed by atoms with van der Waals surface area (Å²) in [5, 5.41) is 7.32. The van der Waals surface area contributed by atoms with E-state index in [1.54, 1.807) is 35.4 Å². The molecule has 6 heteroatoms. The Morgan fingerprint density at radius 1 is 1.04 bits per heavy atom. The maximum absolute atomic E-state index is 12.8.